The maximum absolute atomic E-state index is 11.9. The summed E-state index contributed by atoms with van der Waals surface area (Å²) in [6.45, 7) is 1.21. The number of imide groups is 1. The molecular formula is C15H23N3O5S. The van der Waals surface area contributed by atoms with Crippen molar-refractivity contribution in [1.82, 2.24) is 15.5 Å². The van der Waals surface area contributed by atoms with Crippen LogP contribution in [-0.4, -0.2) is 59.0 Å². The van der Waals surface area contributed by atoms with Crippen LogP contribution in [0.5, 0.6) is 0 Å². The molecule has 8 nitrogen and oxygen atoms in total. The van der Waals surface area contributed by atoms with Crippen molar-refractivity contribution in [2.75, 3.05) is 18.2 Å². The van der Waals surface area contributed by atoms with Gasteiger partial charge in [0, 0.05) is 6.04 Å². The molecule has 2 N–H and O–H groups in total. The molecule has 1 saturated carbocycles. The Kier molecular flexibility index (Phi) is 6.89. The van der Waals surface area contributed by atoms with E-state index in [-0.39, 0.29) is 18.5 Å². The molecule has 0 aromatic carbocycles. The van der Waals surface area contributed by atoms with Gasteiger partial charge in [0.15, 0.2) is 6.10 Å². The van der Waals surface area contributed by atoms with Crippen molar-refractivity contribution >= 4 is 35.6 Å². The molecule has 2 fully saturated rings. The van der Waals surface area contributed by atoms with E-state index in [1.54, 1.807) is 0 Å². The van der Waals surface area contributed by atoms with E-state index in [9.17, 15) is 19.2 Å². The van der Waals surface area contributed by atoms with Crippen molar-refractivity contribution in [3.05, 3.63) is 0 Å². The fourth-order valence-electron chi connectivity index (χ4n) is 2.67. The Morgan fingerprint density at radius 3 is 2.62 bits per heavy atom. The van der Waals surface area contributed by atoms with Crippen LogP contribution in [0.1, 0.15) is 39.0 Å². The fraction of sp³-hybridized carbons (Fsp3) is 0.733. The fourth-order valence-corrected chi connectivity index (χ4v) is 3.57. The number of ether oxygens (including phenoxy) is 1. The van der Waals surface area contributed by atoms with Crippen LogP contribution in [0.25, 0.3) is 0 Å². The summed E-state index contributed by atoms with van der Waals surface area (Å²) in [6.07, 6.45) is 4.03. The normalized spacial score (nSPS) is 19.7. The van der Waals surface area contributed by atoms with Gasteiger partial charge in [0.05, 0.1) is 11.6 Å². The van der Waals surface area contributed by atoms with Crippen molar-refractivity contribution in [2.45, 2.75) is 51.2 Å². The Hall–Kier alpha value is -1.77. The minimum absolute atomic E-state index is 0.0862. The summed E-state index contributed by atoms with van der Waals surface area (Å²) >= 11 is 1.42. The zero-order chi connectivity index (χ0) is 17.5. The van der Waals surface area contributed by atoms with Gasteiger partial charge in [-0.1, -0.05) is 19.3 Å². The van der Waals surface area contributed by atoms with E-state index in [2.05, 4.69) is 10.6 Å². The molecule has 0 aromatic rings. The van der Waals surface area contributed by atoms with E-state index in [4.69, 9.17) is 4.74 Å². The van der Waals surface area contributed by atoms with Gasteiger partial charge in [-0.15, -0.1) is 11.8 Å². The SMILES string of the molecule is CC(OC(=O)CN1CSCC1=O)C(=O)NC(=O)NC1CCCCC1. The molecule has 0 aromatic heterocycles. The molecule has 9 heteroatoms. The molecule has 1 aliphatic carbocycles. The summed E-state index contributed by atoms with van der Waals surface area (Å²) in [5.74, 6) is -0.677. The third kappa shape index (κ3) is 5.70. The number of esters is 1. The molecule has 134 valence electrons. The van der Waals surface area contributed by atoms with E-state index < -0.39 is 24.0 Å². The molecule has 2 rings (SSSR count). The molecular weight excluding hydrogens is 334 g/mol. The largest absolute Gasteiger partial charge is 0.451 e. The maximum atomic E-state index is 11.9. The summed E-state index contributed by atoms with van der Waals surface area (Å²) in [4.78, 5) is 48.2. The van der Waals surface area contributed by atoms with Gasteiger partial charge in [-0.3, -0.25) is 19.7 Å². The number of nitrogens with one attached hydrogen (secondary N) is 2. The molecule has 1 atom stereocenters. The lowest BCUT2D eigenvalue weighted by molar-refractivity contribution is -0.156. The van der Waals surface area contributed by atoms with Gasteiger partial charge < -0.3 is 15.0 Å². The number of amides is 4. The Morgan fingerprint density at radius 2 is 2.00 bits per heavy atom. The standard InChI is InChI=1S/C15H23N3O5S/c1-10(23-13(20)7-18-9-24-8-12(18)19)14(21)17-15(22)16-11-5-3-2-4-6-11/h10-11H,2-9H2,1H3,(H2,16,17,21,22). The average molecular weight is 357 g/mol. The number of thioether (sulfide) groups is 1. The summed E-state index contributed by atoms with van der Waals surface area (Å²) in [5, 5.41) is 4.94. The van der Waals surface area contributed by atoms with Gasteiger partial charge in [-0.2, -0.15) is 0 Å². The smallest absolute Gasteiger partial charge is 0.326 e. The van der Waals surface area contributed by atoms with Crippen LogP contribution in [0, 0.1) is 0 Å². The Morgan fingerprint density at radius 1 is 1.29 bits per heavy atom. The summed E-state index contributed by atoms with van der Waals surface area (Å²) in [5.41, 5.74) is 0. The summed E-state index contributed by atoms with van der Waals surface area (Å²) in [6, 6.07) is -0.482. The van der Waals surface area contributed by atoms with Gasteiger partial charge in [-0.05, 0) is 19.8 Å². The molecule has 4 amide bonds. The molecule has 1 saturated heterocycles. The van der Waals surface area contributed by atoms with E-state index in [0.29, 0.717) is 11.6 Å². The average Bonchev–Trinajstić information content (AvgIpc) is 2.93. The first-order valence-corrected chi connectivity index (χ1v) is 9.27. The van der Waals surface area contributed by atoms with E-state index in [1.165, 1.54) is 30.0 Å². The van der Waals surface area contributed by atoms with Crippen LogP contribution >= 0.6 is 11.8 Å². The molecule has 1 unspecified atom stereocenters. The van der Waals surface area contributed by atoms with Gasteiger partial charge in [0.25, 0.3) is 5.91 Å². The summed E-state index contributed by atoms with van der Waals surface area (Å²) < 4.78 is 4.98. The zero-order valence-electron chi connectivity index (χ0n) is 13.7. The monoisotopic (exact) mass is 357 g/mol. The number of rotatable bonds is 5. The van der Waals surface area contributed by atoms with Crippen molar-refractivity contribution < 1.29 is 23.9 Å². The third-order valence-corrected chi connectivity index (χ3v) is 4.95. The van der Waals surface area contributed by atoms with Gasteiger partial charge >= 0.3 is 12.0 Å². The second kappa shape index (κ2) is 8.91. The highest BCUT2D eigenvalue weighted by molar-refractivity contribution is 8.00. The maximum Gasteiger partial charge on any atom is 0.326 e. The van der Waals surface area contributed by atoms with E-state index in [0.717, 1.165) is 25.7 Å². The first-order valence-electron chi connectivity index (χ1n) is 8.12. The minimum atomic E-state index is -1.10. The first-order chi connectivity index (χ1) is 11.5. The number of hydrogen-bond acceptors (Lipinski definition) is 6. The second-order valence-corrected chi connectivity index (χ2v) is 6.95. The Labute approximate surface area is 145 Å². The molecule has 1 aliphatic heterocycles. The molecule has 0 radical (unpaired) electrons. The number of nitrogens with zero attached hydrogens (tertiary/aromatic N) is 1. The first kappa shape index (κ1) is 18.6. The van der Waals surface area contributed by atoms with Crippen molar-refractivity contribution in [3.63, 3.8) is 0 Å². The van der Waals surface area contributed by atoms with Crippen molar-refractivity contribution in [2.24, 2.45) is 0 Å². The highest BCUT2D eigenvalue weighted by Gasteiger charge is 2.26. The molecule has 0 bridgehead atoms. The molecule has 0 spiro atoms. The van der Waals surface area contributed by atoms with Crippen molar-refractivity contribution in [1.29, 1.82) is 0 Å². The van der Waals surface area contributed by atoms with E-state index >= 15 is 0 Å². The van der Waals surface area contributed by atoms with Gasteiger partial charge in [0.1, 0.15) is 6.54 Å². The molecule has 1 heterocycles. The van der Waals surface area contributed by atoms with Gasteiger partial charge in [0.2, 0.25) is 5.91 Å². The predicted octanol–water partition coefficient (Wildman–Crippen LogP) is 0.610. The number of carbonyl (C=O) groups is 4. The Bertz CT molecular complexity index is 507. The van der Waals surface area contributed by atoms with Crippen LogP contribution in [-0.2, 0) is 19.1 Å². The predicted molar refractivity (Wildman–Crippen MR) is 88.1 cm³/mol. The quantitative estimate of drug-likeness (QED) is 0.699. The minimum Gasteiger partial charge on any atom is -0.451 e. The lowest BCUT2D eigenvalue weighted by Gasteiger charge is -2.23. The third-order valence-electron chi connectivity index (χ3n) is 4.00. The molecule has 24 heavy (non-hydrogen) atoms. The van der Waals surface area contributed by atoms with Crippen LogP contribution in [0.2, 0.25) is 0 Å². The number of hydrogen-bond donors (Lipinski definition) is 2. The highest BCUT2D eigenvalue weighted by atomic mass is 32.2. The van der Waals surface area contributed by atoms with Crippen LogP contribution < -0.4 is 10.6 Å². The lowest BCUT2D eigenvalue weighted by Crippen LogP contribution is -2.48. The number of urea groups is 1. The van der Waals surface area contributed by atoms with E-state index in [1.807, 2.05) is 0 Å². The second-order valence-electron chi connectivity index (χ2n) is 6.00. The molecule has 2 aliphatic rings. The van der Waals surface area contributed by atoms with Crippen LogP contribution in [0.4, 0.5) is 4.79 Å². The zero-order valence-corrected chi connectivity index (χ0v) is 14.5. The van der Waals surface area contributed by atoms with Gasteiger partial charge in [-0.25, -0.2) is 4.79 Å². The van der Waals surface area contributed by atoms with Crippen molar-refractivity contribution in [3.8, 4) is 0 Å². The van der Waals surface area contributed by atoms with Crippen LogP contribution in [0.15, 0.2) is 0 Å². The lowest BCUT2D eigenvalue weighted by atomic mass is 9.96. The number of carbonyl (C=O) groups excluding carboxylic acids is 4. The topological polar surface area (TPSA) is 105 Å². The highest BCUT2D eigenvalue weighted by Crippen LogP contribution is 2.17. The summed E-state index contributed by atoms with van der Waals surface area (Å²) in [7, 11) is 0. The van der Waals surface area contributed by atoms with Crippen LogP contribution in [0.3, 0.4) is 0 Å². The Balaban J connectivity index is 1.69.